The molecule has 12 heavy (non-hydrogen) atoms. The molecule has 4 heteroatoms. The zero-order valence-electron chi connectivity index (χ0n) is 6.20. The topological polar surface area (TPSA) is 46.2 Å². The number of halogens is 1. The van der Waals surface area contributed by atoms with Crippen molar-refractivity contribution >= 4 is 28.8 Å². The molecule has 1 rings (SSSR count). The number of benzene rings is 1. The number of nitrogens with two attached hydrogens (primary N) is 1. The van der Waals surface area contributed by atoms with Crippen molar-refractivity contribution in [3.63, 3.8) is 0 Å². The van der Waals surface area contributed by atoms with E-state index in [1.807, 2.05) is 0 Å². The van der Waals surface area contributed by atoms with Gasteiger partial charge in [0.15, 0.2) is 0 Å². The highest BCUT2D eigenvalue weighted by Crippen LogP contribution is 2.22. The fraction of sp³-hybridized carbons (Fsp3) is 0.125. The highest BCUT2D eigenvalue weighted by atomic mass is 35.5. The van der Waals surface area contributed by atoms with Crippen LogP contribution in [0.3, 0.4) is 0 Å². The third-order valence-electron chi connectivity index (χ3n) is 1.47. The number of hydrogen-bond donors (Lipinski definition) is 2. The Morgan fingerprint density at radius 1 is 1.50 bits per heavy atom. The molecule has 0 bridgehead atoms. The van der Waals surface area contributed by atoms with E-state index in [0.717, 1.165) is 0 Å². The summed E-state index contributed by atoms with van der Waals surface area (Å²) in [5.74, 6) is 0. The van der Waals surface area contributed by atoms with Gasteiger partial charge in [-0.25, -0.2) is 0 Å². The molecule has 0 spiro atoms. The first-order valence-corrected chi connectivity index (χ1v) is 4.13. The molecule has 0 amide bonds. The molecule has 1 aromatic rings. The first kappa shape index (κ1) is 9.45. The Labute approximate surface area is 81.0 Å². The van der Waals surface area contributed by atoms with E-state index in [2.05, 4.69) is 12.2 Å². The first-order valence-electron chi connectivity index (χ1n) is 3.34. The average Bonchev–Trinajstić information content (AvgIpc) is 2.04. The van der Waals surface area contributed by atoms with Crippen LogP contribution in [0.4, 0.5) is 0 Å². The lowest BCUT2D eigenvalue weighted by Gasteiger charge is -2.09. The van der Waals surface area contributed by atoms with Crippen LogP contribution in [0.5, 0.6) is 0 Å². The van der Waals surface area contributed by atoms with E-state index in [4.69, 9.17) is 17.3 Å². The molecule has 3 N–H and O–H groups in total. The minimum absolute atomic E-state index is 0.0306. The monoisotopic (exact) mass is 201 g/mol. The van der Waals surface area contributed by atoms with Gasteiger partial charge < -0.3 is 10.8 Å². The molecule has 64 valence electrons. The summed E-state index contributed by atoms with van der Waals surface area (Å²) < 4.78 is 0. The fourth-order valence-electron chi connectivity index (χ4n) is 0.850. The molecule has 0 radical (unpaired) electrons. The first-order chi connectivity index (χ1) is 5.63. The molecule has 0 aliphatic rings. The van der Waals surface area contributed by atoms with Crippen molar-refractivity contribution < 1.29 is 5.11 Å². The van der Waals surface area contributed by atoms with Crippen LogP contribution in [0.15, 0.2) is 24.3 Å². The van der Waals surface area contributed by atoms with Gasteiger partial charge in [0.2, 0.25) is 0 Å². The van der Waals surface area contributed by atoms with Gasteiger partial charge in [-0.15, -0.1) is 0 Å². The quantitative estimate of drug-likeness (QED) is 0.716. The second-order valence-corrected chi connectivity index (χ2v) is 3.21. The van der Waals surface area contributed by atoms with Crippen molar-refractivity contribution in [1.29, 1.82) is 0 Å². The fourth-order valence-corrected chi connectivity index (χ4v) is 1.22. The van der Waals surface area contributed by atoms with Gasteiger partial charge in [0.1, 0.15) is 11.1 Å². The Bertz CT molecular complexity index is 303. The molecule has 1 unspecified atom stereocenters. The summed E-state index contributed by atoms with van der Waals surface area (Å²) in [5.41, 5.74) is 5.81. The molecule has 2 nitrogen and oxygen atoms in total. The maximum atomic E-state index is 9.43. The molecule has 0 aliphatic carbocycles. The van der Waals surface area contributed by atoms with E-state index >= 15 is 0 Å². The zero-order valence-corrected chi connectivity index (χ0v) is 7.77. The number of rotatable bonds is 2. The maximum Gasteiger partial charge on any atom is 0.130 e. The summed E-state index contributed by atoms with van der Waals surface area (Å²) in [6.07, 6.45) is -0.950. The second-order valence-electron chi connectivity index (χ2n) is 2.33. The molecule has 1 atom stereocenters. The third-order valence-corrected chi connectivity index (χ3v) is 2.04. The van der Waals surface area contributed by atoms with E-state index in [1.54, 1.807) is 24.3 Å². The van der Waals surface area contributed by atoms with E-state index in [1.165, 1.54) is 0 Å². The molecule has 0 fully saturated rings. The van der Waals surface area contributed by atoms with Crippen LogP contribution >= 0.6 is 23.8 Å². The molecule has 0 aromatic heterocycles. The van der Waals surface area contributed by atoms with Crippen molar-refractivity contribution in [3.05, 3.63) is 34.9 Å². The lowest BCUT2D eigenvalue weighted by Crippen LogP contribution is -2.18. The highest BCUT2D eigenvalue weighted by molar-refractivity contribution is 7.80. The lowest BCUT2D eigenvalue weighted by molar-refractivity contribution is 0.249. The molecular formula is C8H8ClNOS. The molecule has 0 heterocycles. The maximum absolute atomic E-state index is 9.43. The summed E-state index contributed by atoms with van der Waals surface area (Å²) in [4.78, 5) is 0.0306. The number of aliphatic hydroxyl groups excluding tert-OH is 1. The predicted octanol–water partition coefficient (Wildman–Crippen LogP) is 1.66. The summed E-state index contributed by atoms with van der Waals surface area (Å²) in [6.45, 7) is 0. The number of thiocarbonyl (C=S) groups is 1. The Balaban J connectivity index is 3.02. The van der Waals surface area contributed by atoms with Gasteiger partial charge >= 0.3 is 0 Å². The second kappa shape index (κ2) is 3.85. The Kier molecular flexibility index (Phi) is 3.03. The largest absolute Gasteiger partial charge is 0.391 e. The minimum Gasteiger partial charge on any atom is -0.391 e. The van der Waals surface area contributed by atoms with Gasteiger partial charge in [0.05, 0.1) is 0 Å². The third kappa shape index (κ3) is 1.94. The van der Waals surface area contributed by atoms with Gasteiger partial charge in [-0.1, -0.05) is 42.0 Å². The van der Waals surface area contributed by atoms with Gasteiger partial charge in [-0.2, -0.15) is 0 Å². The lowest BCUT2D eigenvalue weighted by atomic mass is 10.1. The van der Waals surface area contributed by atoms with Crippen molar-refractivity contribution in [1.82, 2.24) is 0 Å². The van der Waals surface area contributed by atoms with E-state index < -0.39 is 6.10 Å². The standard InChI is InChI=1S/C8H8ClNOS/c9-6-4-2-1-3-5(6)7(11)8(10)12/h1-4,7,11H,(H2,10,12). The SMILES string of the molecule is NC(=S)C(O)c1ccccc1Cl. The molecule has 1 aromatic carbocycles. The van der Waals surface area contributed by atoms with Crippen LogP contribution in [-0.2, 0) is 0 Å². The summed E-state index contributed by atoms with van der Waals surface area (Å²) >= 11 is 10.4. The summed E-state index contributed by atoms with van der Waals surface area (Å²) in [7, 11) is 0. The van der Waals surface area contributed by atoms with Gasteiger partial charge in [-0.3, -0.25) is 0 Å². The van der Waals surface area contributed by atoms with E-state index in [0.29, 0.717) is 10.6 Å². The molecule has 0 saturated heterocycles. The number of aliphatic hydroxyl groups is 1. The van der Waals surface area contributed by atoms with Gasteiger partial charge in [0.25, 0.3) is 0 Å². The van der Waals surface area contributed by atoms with E-state index in [9.17, 15) is 5.11 Å². The van der Waals surface area contributed by atoms with Crippen LogP contribution in [0.25, 0.3) is 0 Å². The Morgan fingerprint density at radius 2 is 2.08 bits per heavy atom. The Hall–Kier alpha value is -0.640. The van der Waals surface area contributed by atoms with Crippen LogP contribution in [0.2, 0.25) is 5.02 Å². The highest BCUT2D eigenvalue weighted by Gasteiger charge is 2.12. The van der Waals surface area contributed by atoms with Crippen LogP contribution in [0, 0.1) is 0 Å². The van der Waals surface area contributed by atoms with Gasteiger partial charge in [0, 0.05) is 10.6 Å². The summed E-state index contributed by atoms with van der Waals surface area (Å²) in [5, 5.41) is 9.90. The van der Waals surface area contributed by atoms with Crippen molar-refractivity contribution in [2.75, 3.05) is 0 Å². The van der Waals surface area contributed by atoms with Crippen molar-refractivity contribution in [2.45, 2.75) is 6.10 Å². The zero-order chi connectivity index (χ0) is 9.14. The van der Waals surface area contributed by atoms with Crippen molar-refractivity contribution in [2.24, 2.45) is 5.73 Å². The average molecular weight is 202 g/mol. The normalized spacial score (nSPS) is 12.5. The van der Waals surface area contributed by atoms with E-state index in [-0.39, 0.29) is 4.99 Å². The van der Waals surface area contributed by atoms with Crippen LogP contribution in [-0.4, -0.2) is 10.1 Å². The minimum atomic E-state index is -0.950. The molecular weight excluding hydrogens is 194 g/mol. The summed E-state index contributed by atoms with van der Waals surface area (Å²) in [6, 6.07) is 6.91. The Morgan fingerprint density at radius 3 is 2.58 bits per heavy atom. The predicted molar refractivity (Wildman–Crippen MR) is 53.2 cm³/mol. The van der Waals surface area contributed by atoms with Crippen LogP contribution < -0.4 is 5.73 Å². The molecule has 0 aliphatic heterocycles. The van der Waals surface area contributed by atoms with Crippen LogP contribution in [0.1, 0.15) is 11.7 Å². The smallest absolute Gasteiger partial charge is 0.130 e. The van der Waals surface area contributed by atoms with Gasteiger partial charge in [-0.05, 0) is 6.07 Å². The number of hydrogen-bond acceptors (Lipinski definition) is 2. The van der Waals surface area contributed by atoms with Crippen molar-refractivity contribution in [3.8, 4) is 0 Å². The molecule has 0 saturated carbocycles.